The summed E-state index contributed by atoms with van der Waals surface area (Å²) < 4.78 is 5.57. The quantitative estimate of drug-likeness (QED) is 0.655. The first-order valence-electron chi connectivity index (χ1n) is 9.25. The third-order valence-corrected chi connectivity index (χ3v) is 5.91. The molecule has 0 N–H and O–H groups in total. The van der Waals surface area contributed by atoms with Gasteiger partial charge in [-0.3, -0.25) is 4.79 Å². The maximum Gasteiger partial charge on any atom is 0.265 e. The van der Waals surface area contributed by atoms with Crippen LogP contribution >= 0.6 is 11.3 Å². The van der Waals surface area contributed by atoms with Crippen molar-refractivity contribution in [2.45, 2.75) is 13.0 Å². The SMILES string of the molecule is CN(Cc1ccccc1N(C)C)C(=O)c1cnc(-c2ccc3c(c2)CCO3)s1. The van der Waals surface area contributed by atoms with E-state index < -0.39 is 0 Å². The van der Waals surface area contributed by atoms with Crippen LogP contribution in [0.5, 0.6) is 5.75 Å². The van der Waals surface area contributed by atoms with Crippen LogP contribution in [0.25, 0.3) is 10.6 Å². The van der Waals surface area contributed by atoms with Crippen molar-refractivity contribution in [3.05, 3.63) is 64.7 Å². The summed E-state index contributed by atoms with van der Waals surface area (Å²) in [7, 11) is 5.86. The summed E-state index contributed by atoms with van der Waals surface area (Å²) in [5, 5.41) is 0.861. The first-order chi connectivity index (χ1) is 13.5. The monoisotopic (exact) mass is 393 g/mol. The lowest BCUT2D eigenvalue weighted by atomic mass is 10.1. The van der Waals surface area contributed by atoms with Gasteiger partial charge in [0, 0.05) is 45.4 Å². The highest BCUT2D eigenvalue weighted by Gasteiger charge is 2.19. The van der Waals surface area contributed by atoms with Gasteiger partial charge in [-0.2, -0.15) is 0 Å². The molecule has 2 aromatic carbocycles. The smallest absolute Gasteiger partial charge is 0.265 e. The lowest BCUT2D eigenvalue weighted by Crippen LogP contribution is -2.26. The molecule has 3 aromatic rings. The molecule has 0 radical (unpaired) electrons. The summed E-state index contributed by atoms with van der Waals surface area (Å²) in [4.78, 5) is 21.9. The fourth-order valence-corrected chi connectivity index (χ4v) is 4.33. The number of carbonyl (C=O) groups excluding carboxylic acids is 1. The van der Waals surface area contributed by atoms with Gasteiger partial charge in [0.25, 0.3) is 5.91 Å². The molecule has 1 aliphatic heterocycles. The number of aromatic nitrogens is 1. The van der Waals surface area contributed by atoms with Gasteiger partial charge < -0.3 is 14.5 Å². The Hall–Kier alpha value is -2.86. The van der Waals surface area contributed by atoms with Gasteiger partial charge in [0.05, 0.1) is 12.8 Å². The molecule has 0 spiro atoms. The largest absolute Gasteiger partial charge is 0.493 e. The molecule has 0 fully saturated rings. The molecule has 1 aliphatic rings. The molecule has 1 amide bonds. The molecule has 1 aromatic heterocycles. The highest BCUT2D eigenvalue weighted by atomic mass is 32.1. The van der Waals surface area contributed by atoms with Gasteiger partial charge in [0.15, 0.2) is 0 Å². The predicted octanol–water partition coefficient (Wildman–Crippen LogP) is 4.08. The standard InChI is InChI=1S/C22H23N3O2S/c1-24(2)18-7-5-4-6-17(18)14-25(3)22(26)20-13-23-21(28-20)16-8-9-19-15(12-16)10-11-27-19/h4-9,12-13H,10-11,14H2,1-3H3. The number of nitrogens with zero attached hydrogens (tertiary/aromatic N) is 3. The topological polar surface area (TPSA) is 45.7 Å². The molecule has 0 atom stereocenters. The van der Waals surface area contributed by atoms with Gasteiger partial charge in [-0.1, -0.05) is 18.2 Å². The normalized spacial score (nSPS) is 12.4. The van der Waals surface area contributed by atoms with Crippen molar-refractivity contribution >= 4 is 22.9 Å². The van der Waals surface area contributed by atoms with Crippen molar-refractivity contribution in [2.75, 3.05) is 32.6 Å². The molecule has 0 saturated heterocycles. The Morgan fingerprint density at radius 2 is 2.00 bits per heavy atom. The summed E-state index contributed by atoms with van der Waals surface area (Å²) in [5.41, 5.74) is 4.48. The second kappa shape index (κ2) is 7.64. The molecule has 0 unspecified atom stereocenters. The lowest BCUT2D eigenvalue weighted by molar-refractivity contribution is 0.0790. The highest BCUT2D eigenvalue weighted by molar-refractivity contribution is 7.16. The molecular weight excluding hydrogens is 370 g/mol. The summed E-state index contributed by atoms with van der Waals surface area (Å²) >= 11 is 1.44. The van der Waals surface area contributed by atoms with E-state index in [1.165, 1.54) is 16.9 Å². The van der Waals surface area contributed by atoms with E-state index in [0.717, 1.165) is 40.6 Å². The number of benzene rings is 2. The van der Waals surface area contributed by atoms with Gasteiger partial charge >= 0.3 is 0 Å². The number of carbonyl (C=O) groups is 1. The van der Waals surface area contributed by atoms with Gasteiger partial charge in [0.2, 0.25) is 0 Å². The second-order valence-electron chi connectivity index (χ2n) is 7.13. The van der Waals surface area contributed by atoms with Crippen molar-refractivity contribution in [3.63, 3.8) is 0 Å². The van der Waals surface area contributed by atoms with Crippen LogP contribution in [-0.4, -0.2) is 43.5 Å². The third-order valence-electron chi connectivity index (χ3n) is 4.88. The van der Waals surface area contributed by atoms with Crippen LogP contribution in [-0.2, 0) is 13.0 Å². The van der Waals surface area contributed by atoms with Gasteiger partial charge in [-0.05, 0) is 35.4 Å². The molecule has 5 nitrogen and oxygen atoms in total. The number of anilines is 1. The van der Waals surface area contributed by atoms with E-state index in [-0.39, 0.29) is 5.91 Å². The van der Waals surface area contributed by atoms with E-state index in [9.17, 15) is 4.79 Å². The lowest BCUT2D eigenvalue weighted by Gasteiger charge is -2.21. The van der Waals surface area contributed by atoms with Crippen LogP contribution in [0.2, 0.25) is 0 Å². The maximum absolute atomic E-state index is 12.9. The van der Waals surface area contributed by atoms with Crippen LogP contribution in [0.4, 0.5) is 5.69 Å². The minimum Gasteiger partial charge on any atom is -0.493 e. The summed E-state index contributed by atoms with van der Waals surface area (Å²) in [6.45, 7) is 1.29. The maximum atomic E-state index is 12.9. The third kappa shape index (κ3) is 3.60. The van der Waals surface area contributed by atoms with Crippen LogP contribution in [0.3, 0.4) is 0 Å². The first kappa shape index (κ1) is 18.5. The summed E-state index contributed by atoms with van der Waals surface area (Å²) in [6, 6.07) is 14.3. The molecule has 2 heterocycles. The van der Waals surface area contributed by atoms with Crippen LogP contribution in [0.1, 0.15) is 20.8 Å². The molecule has 0 bridgehead atoms. The van der Waals surface area contributed by atoms with E-state index in [1.54, 1.807) is 11.1 Å². The fraction of sp³-hybridized carbons (Fsp3) is 0.273. The Morgan fingerprint density at radius 3 is 2.82 bits per heavy atom. The summed E-state index contributed by atoms with van der Waals surface area (Å²) in [6.07, 6.45) is 2.61. The number of amides is 1. The van der Waals surface area contributed by atoms with Crippen molar-refractivity contribution in [2.24, 2.45) is 0 Å². The zero-order valence-electron chi connectivity index (χ0n) is 16.3. The van der Waals surface area contributed by atoms with Crippen molar-refractivity contribution in [3.8, 4) is 16.3 Å². The Balaban J connectivity index is 1.51. The van der Waals surface area contributed by atoms with Crippen LogP contribution in [0.15, 0.2) is 48.7 Å². The molecule has 6 heteroatoms. The van der Waals surface area contributed by atoms with E-state index in [4.69, 9.17) is 4.74 Å². The van der Waals surface area contributed by atoms with Crippen molar-refractivity contribution < 1.29 is 9.53 Å². The number of thiazole rings is 1. The Morgan fingerprint density at radius 1 is 1.18 bits per heavy atom. The van der Waals surface area contributed by atoms with Gasteiger partial charge in [-0.25, -0.2) is 4.98 Å². The number of rotatable bonds is 5. The fourth-order valence-electron chi connectivity index (χ4n) is 3.42. The summed E-state index contributed by atoms with van der Waals surface area (Å²) in [5.74, 6) is 0.942. The van der Waals surface area contributed by atoms with Crippen LogP contribution < -0.4 is 9.64 Å². The first-order valence-corrected chi connectivity index (χ1v) is 10.1. The Kier molecular flexibility index (Phi) is 5.05. The zero-order valence-corrected chi connectivity index (χ0v) is 17.1. The molecule has 4 rings (SSSR count). The molecule has 0 saturated carbocycles. The molecular formula is C22H23N3O2S. The van der Waals surface area contributed by atoms with E-state index in [0.29, 0.717) is 11.4 Å². The molecule has 144 valence electrons. The minimum absolute atomic E-state index is 0.0122. The highest BCUT2D eigenvalue weighted by Crippen LogP contribution is 2.32. The molecule has 0 aliphatic carbocycles. The number of ether oxygens (including phenoxy) is 1. The average molecular weight is 394 g/mol. The molecule has 28 heavy (non-hydrogen) atoms. The Labute approximate surface area is 169 Å². The Bertz CT molecular complexity index is 1010. The van der Waals surface area contributed by atoms with Crippen molar-refractivity contribution in [1.82, 2.24) is 9.88 Å². The van der Waals surface area contributed by atoms with Crippen molar-refractivity contribution in [1.29, 1.82) is 0 Å². The van der Waals surface area contributed by atoms with Crippen LogP contribution in [0, 0.1) is 0 Å². The number of fused-ring (bicyclic) bond motifs is 1. The number of para-hydroxylation sites is 1. The van der Waals surface area contributed by atoms with E-state index in [1.807, 2.05) is 45.4 Å². The second-order valence-corrected chi connectivity index (χ2v) is 8.17. The van der Waals surface area contributed by atoms with Gasteiger partial charge in [0.1, 0.15) is 15.6 Å². The van der Waals surface area contributed by atoms with Gasteiger partial charge in [-0.15, -0.1) is 11.3 Å². The zero-order chi connectivity index (χ0) is 19.7. The minimum atomic E-state index is -0.0122. The number of hydrogen-bond donors (Lipinski definition) is 0. The predicted molar refractivity (Wildman–Crippen MR) is 113 cm³/mol. The van der Waals surface area contributed by atoms with E-state index >= 15 is 0 Å². The number of hydrogen-bond acceptors (Lipinski definition) is 5. The average Bonchev–Trinajstić information content (AvgIpc) is 3.36. The van der Waals surface area contributed by atoms with E-state index in [2.05, 4.69) is 28.1 Å².